The van der Waals surface area contributed by atoms with Crippen molar-refractivity contribution in [1.82, 2.24) is 0 Å². The van der Waals surface area contributed by atoms with Gasteiger partial charge in [0.1, 0.15) is 5.75 Å². The van der Waals surface area contributed by atoms with Crippen LogP contribution < -0.4 is 9.64 Å². The first-order valence-electron chi connectivity index (χ1n) is 5.98. The molecule has 19 heavy (non-hydrogen) atoms. The number of rotatable bonds is 2. The molecule has 0 unspecified atom stereocenters. The first-order chi connectivity index (χ1) is 9.29. The highest BCUT2D eigenvalue weighted by molar-refractivity contribution is 8.00. The number of nitrogens with zero attached hydrogens (tertiary/aromatic N) is 1. The largest absolute Gasteiger partial charge is 0.497 e. The molecule has 4 heteroatoms. The summed E-state index contributed by atoms with van der Waals surface area (Å²) in [5.74, 6) is 1.31. The highest BCUT2D eigenvalue weighted by Crippen LogP contribution is 2.39. The molecule has 0 aromatic heterocycles. The van der Waals surface area contributed by atoms with Gasteiger partial charge < -0.3 is 4.74 Å². The molecule has 0 N–H and O–H groups in total. The number of carbonyl (C=O) groups excluding carboxylic acids is 1. The van der Waals surface area contributed by atoms with Gasteiger partial charge in [-0.1, -0.05) is 18.2 Å². The number of para-hydroxylation sites is 1. The van der Waals surface area contributed by atoms with Gasteiger partial charge in [-0.2, -0.15) is 0 Å². The Hall–Kier alpha value is -1.94. The number of ether oxygens (including phenoxy) is 1. The highest BCUT2D eigenvalue weighted by Gasteiger charge is 2.25. The summed E-state index contributed by atoms with van der Waals surface area (Å²) in [6.07, 6.45) is 0. The van der Waals surface area contributed by atoms with Crippen LogP contribution in [0, 0.1) is 0 Å². The van der Waals surface area contributed by atoms with Crippen molar-refractivity contribution in [2.45, 2.75) is 4.90 Å². The molecule has 0 saturated carbocycles. The van der Waals surface area contributed by atoms with Crippen LogP contribution in [0.4, 0.5) is 11.4 Å². The van der Waals surface area contributed by atoms with Crippen LogP contribution in [0.3, 0.4) is 0 Å². The van der Waals surface area contributed by atoms with E-state index in [0.29, 0.717) is 5.75 Å². The van der Waals surface area contributed by atoms with Crippen LogP contribution >= 0.6 is 11.8 Å². The summed E-state index contributed by atoms with van der Waals surface area (Å²) in [4.78, 5) is 15.1. The number of fused-ring (bicyclic) bond motifs is 1. The molecule has 2 aromatic carbocycles. The second kappa shape index (κ2) is 4.97. The Morgan fingerprint density at radius 2 is 2.00 bits per heavy atom. The van der Waals surface area contributed by atoms with Gasteiger partial charge in [-0.25, -0.2) is 0 Å². The van der Waals surface area contributed by atoms with Crippen LogP contribution in [-0.2, 0) is 4.79 Å². The van der Waals surface area contributed by atoms with Gasteiger partial charge in [0.25, 0.3) is 0 Å². The summed E-state index contributed by atoms with van der Waals surface area (Å²) in [5.41, 5.74) is 1.79. The standard InChI is InChI=1S/C15H13NO2S/c1-18-12-6-4-5-11(9-12)16-13-7-2-3-8-14(13)19-10-15(16)17/h2-9H,10H2,1H3. The van der Waals surface area contributed by atoms with E-state index in [2.05, 4.69) is 0 Å². The molecule has 96 valence electrons. The number of hydrogen-bond donors (Lipinski definition) is 0. The van der Waals surface area contributed by atoms with Crippen molar-refractivity contribution in [3.63, 3.8) is 0 Å². The lowest BCUT2D eigenvalue weighted by molar-refractivity contribution is -0.115. The topological polar surface area (TPSA) is 29.5 Å². The maximum absolute atomic E-state index is 12.2. The van der Waals surface area contributed by atoms with E-state index >= 15 is 0 Å². The zero-order valence-corrected chi connectivity index (χ0v) is 11.3. The van der Waals surface area contributed by atoms with Gasteiger partial charge in [0.05, 0.1) is 24.2 Å². The second-order valence-corrected chi connectivity index (χ2v) is 5.20. The maximum atomic E-state index is 12.2. The molecule has 0 saturated heterocycles. The third kappa shape index (κ3) is 2.19. The smallest absolute Gasteiger partial charge is 0.241 e. The Morgan fingerprint density at radius 3 is 2.84 bits per heavy atom. The molecule has 2 aromatic rings. The van der Waals surface area contributed by atoms with Crippen LogP contribution in [0.5, 0.6) is 5.75 Å². The van der Waals surface area contributed by atoms with Gasteiger partial charge in [-0.05, 0) is 24.3 Å². The van der Waals surface area contributed by atoms with E-state index in [9.17, 15) is 4.79 Å². The summed E-state index contributed by atoms with van der Waals surface area (Å²) in [6.45, 7) is 0. The Labute approximate surface area is 116 Å². The lowest BCUT2D eigenvalue weighted by Gasteiger charge is -2.29. The van der Waals surface area contributed by atoms with E-state index in [0.717, 1.165) is 22.0 Å². The van der Waals surface area contributed by atoms with Crippen molar-refractivity contribution in [2.75, 3.05) is 17.8 Å². The summed E-state index contributed by atoms with van der Waals surface area (Å²) < 4.78 is 5.23. The number of benzene rings is 2. The number of thioether (sulfide) groups is 1. The first kappa shape index (κ1) is 12.1. The SMILES string of the molecule is COc1cccc(N2C(=O)CSc3ccccc32)c1. The lowest BCUT2D eigenvalue weighted by Crippen LogP contribution is -2.30. The van der Waals surface area contributed by atoms with Gasteiger partial charge in [-0.15, -0.1) is 11.8 Å². The van der Waals surface area contributed by atoms with Crippen LogP contribution in [-0.4, -0.2) is 18.8 Å². The molecule has 0 fully saturated rings. The third-order valence-electron chi connectivity index (χ3n) is 3.02. The van der Waals surface area contributed by atoms with E-state index in [-0.39, 0.29) is 5.91 Å². The van der Waals surface area contributed by atoms with Crippen molar-refractivity contribution in [1.29, 1.82) is 0 Å². The predicted octanol–water partition coefficient (Wildman–Crippen LogP) is 3.47. The van der Waals surface area contributed by atoms with Crippen LogP contribution in [0.2, 0.25) is 0 Å². The second-order valence-electron chi connectivity index (χ2n) is 4.19. The average Bonchev–Trinajstić information content (AvgIpc) is 2.47. The van der Waals surface area contributed by atoms with Gasteiger partial charge >= 0.3 is 0 Å². The van der Waals surface area contributed by atoms with Gasteiger partial charge in [0, 0.05) is 11.0 Å². The van der Waals surface area contributed by atoms with Gasteiger partial charge in [0.15, 0.2) is 0 Å². The molecule has 1 heterocycles. The van der Waals surface area contributed by atoms with Crippen molar-refractivity contribution in [3.05, 3.63) is 48.5 Å². The minimum atomic E-state index is 0.0944. The Balaban J connectivity index is 2.10. The van der Waals surface area contributed by atoms with Crippen molar-refractivity contribution >= 4 is 29.0 Å². The zero-order valence-electron chi connectivity index (χ0n) is 10.5. The molecule has 3 rings (SSSR count). The molecule has 1 amide bonds. The molecule has 0 radical (unpaired) electrons. The highest BCUT2D eigenvalue weighted by atomic mass is 32.2. The number of anilines is 2. The lowest BCUT2D eigenvalue weighted by atomic mass is 10.2. The van der Waals surface area contributed by atoms with Gasteiger partial charge in [-0.3, -0.25) is 9.69 Å². The Kier molecular flexibility index (Phi) is 3.17. The number of carbonyl (C=O) groups is 1. The molecule has 3 nitrogen and oxygen atoms in total. The maximum Gasteiger partial charge on any atom is 0.241 e. The van der Waals surface area contributed by atoms with E-state index in [1.165, 1.54) is 0 Å². The van der Waals surface area contributed by atoms with Crippen LogP contribution in [0.15, 0.2) is 53.4 Å². The fraction of sp³-hybridized carbons (Fsp3) is 0.133. The van der Waals surface area contributed by atoms with Crippen molar-refractivity contribution in [2.24, 2.45) is 0 Å². The summed E-state index contributed by atoms with van der Waals surface area (Å²) in [5, 5.41) is 0. The van der Waals surface area contributed by atoms with Gasteiger partial charge in [0.2, 0.25) is 5.91 Å². The number of methoxy groups -OCH3 is 1. The van der Waals surface area contributed by atoms with Crippen molar-refractivity contribution in [3.8, 4) is 5.75 Å². The summed E-state index contributed by atoms with van der Waals surface area (Å²) in [7, 11) is 1.63. The Bertz CT molecular complexity index is 627. The molecular formula is C15H13NO2S. The van der Waals surface area contributed by atoms with E-state index in [4.69, 9.17) is 4.74 Å². The monoisotopic (exact) mass is 271 g/mol. The fourth-order valence-electron chi connectivity index (χ4n) is 2.13. The number of amides is 1. The van der Waals surface area contributed by atoms with Crippen LogP contribution in [0.25, 0.3) is 0 Å². The predicted molar refractivity (Wildman–Crippen MR) is 77.3 cm³/mol. The molecule has 0 spiro atoms. The summed E-state index contributed by atoms with van der Waals surface area (Å²) >= 11 is 1.58. The molecule has 0 aliphatic carbocycles. The molecule has 0 bridgehead atoms. The molecule has 0 atom stereocenters. The normalized spacial score (nSPS) is 14.2. The minimum Gasteiger partial charge on any atom is -0.497 e. The third-order valence-corrected chi connectivity index (χ3v) is 4.07. The molecule has 1 aliphatic heterocycles. The summed E-state index contributed by atoms with van der Waals surface area (Å²) in [6, 6.07) is 15.5. The molecular weight excluding hydrogens is 258 g/mol. The average molecular weight is 271 g/mol. The first-order valence-corrected chi connectivity index (χ1v) is 6.97. The quantitative estimate of drug-likeness (QED) is 0.837. The van der Waals surface area contributed by atoms with E-state index in [1.807, 2.05) is 48.5 Å². The zero-order chi connectivity index (χ0) is 13.2. The Morgan fingerprint density at radius 1 is 1.16 bits per heavy atom. The van der Waals surface area contributed by atoms with E-state index in [1.54, 1.807) is 23.8 Å². The minimum absolute atomic E-state index is 0.0944. The fourth-order valence-corrected chi connectivity index (χ4v) is 3.03. The van der Waals surface area contributed by atoms with E-state index < -0.39 is 0 Å². The molecule has 1 aliphatic rings. The van der Waals surface area contributed by atoms with Crippen LogP contribution in [0.1, 0.15) is 0 Å². The number of hydrogen-bond acceptors (Lipinski definition) is 3. The van der Waals surface area contributed by atoms with Crippen molar-refractivity contribution < 1.29 is 9.53 Å².